The first kappa shape index (κ1) is 21.9. The molecule has 0 aromatic heterocycles. The topological polar surface area (TPSA) is 58.6 Å². The third-order valence-electron chi connectivity index (χ3n) is 5.39. The summed E-state index contributed by atoms with van der Waals surface area (Å²) >= 11 is 12.3. The van der Waals surface area contributed by atoms with E-state index in [0.717, 1.165) is 11.1 Å². The van der Waals surface area contributed by atoms with Gasteiger partial charge in [-0.25, -0.2) is 4.90 Å². The molecule has 1 N–H and O–H groups in total. The minimum absolute atomic E-state index is 0.164. The number of benzene rings is 3. The lowest BCUT2D eigenvalue weighted by Gasteiger charge is -2.17. The quantitative estimate of drug-likeness (QED) is 0.467. The predicted octanol–water partition coefficient (Wildman–Crippen LogP) is 6.02. The normalized spacial score (nSPS) is 13.7. The molecule has 1 heterocycles. The lowest BCUT2D eigenvalue weighted by Crippen LogP contribution is -2.32. The lowest BCUT2D eigenvalue weighted by molar-refractivity contribution is -0.120. The zero-order valence-corrected chi connectivity index (χ0v) is 19.2. The molecule has 32 heavy (non-hydrogen) atoms. The first-order chi connectivity index (χ1) is 15.3. The molecule has 1 aliphatic heterocycles. The fraction of sp³-hybridized carbons (Fsp3) is 0.120. The van der Waals surface area contributed by atoms with Gasteiger partial charge in [-0.3, -0.25) is 9.59 Å². The molecule has 7 heteroatoms. The van der Waals surface area contributed by atoms with Gasteiger partial charge in [0.05, 0.1) is 23.4 Å². The third kappa shape index (κ3) is 3.97. The highest BCUT2D eigenvalue weighted by Crippen LogP contribution is 2.36. The Bertz CT molecular complexity index is 1270. The van der Waals surface area contributed by atoms with Gasteiger partial charge in [-0.05, 0) is 73.0 Å². The van der Waals surface area contributed by atoms with Crippen LogP contribution in [-0.4, -0.2) is 18.9 Å². The Kier molecular flexibility index (Phi) is 5.96. The molecule has 0 atom stereocenters. The van der Waals surface area contributed by atoms with Crippen LogP contribution in [0.15, 0.2) is 66.4 Å². The molecule has 0 fully saturated rings. The molecule has 3 aromatic rings. The lowest BCUT2D eigenvalue weighted by atomic mass is 10.0. The van der Waals surface area contributed by atoms with Crippen molar-refractivity contribution in [2.45, 2.75) is 13.8 Å². The molecule has 0 bridgehead atoms. The van der Waals surface area contributed by atoms with E-state index >= 15 is 0 Å². The van der Waals surface area contributed by atoms with Gasteiger partial charge in [-0.15, -0.1) is 0 Å². The Morgan fingerprint density at radius 1 is 0.844 bits per heavy atom. The van der Waals surface area contributed by atoms with Crippen LogP contribution in [0.3, 0.4) is 0 Å². The van der Waals surface area contributed by atoms with Crippen molar-refractivity contribution in [2.75, 3.05) is 17.3 Å². The fourth-order valence-corrected chi connectivity index (χ4v) is 3.90. The van der Waals surface area contributed by atoms with E-state index in [4.69, 9.17) is 27.9 Å². The summed E-state index contributed by atoms with van der Waals surface area (Å²) in [5.41, 5.74) is 4.14. The Hall–Kier alpha value is -3.28. The summed E-state index contributed by atoms with van der Waals surface area (Å²) < 4.78 is 5.19. The number of methoxy groups -OCH3 is 1. The number of hydrogen-bond acceptors (Lipinski definition) is 4. The number of imide groups is 1. The van der Waals surface area contributed by atoms with E-state index < -0.39 is 11.8 Å². The highest BCUT2D eigenvalue weighted by Gasteiger charge is 2.40. The van der Waals surface area contributed by atoms with Crippen LogP contribution in [0.4, 0.5) is 11.4 Å². The second kappa shape index (κ2) is 8.69. The van der Waals surface area contributed by atoms with Crippen LogP contribution in [0.25, 0.3) is 5.57 Å². The van der Waals surface area contributed by atoms with E-state index in [1.165, 1.54) is 12.0 Å². The Labute approximate surface area is 196 Å². The Morgan fingerprint density at radius 2 is 1.56 bits per heavy atom. The average molecular weight is 467 g/mol. The monoisotopic (exact) mass is 466 g/mol. The third-order valence-corrected chi connectivity index (χ3v) is 5.93. The van der Waals surface area contributed by atoms with Crippen LogP contribution in [0.2, 0.25) is 10.0 Å². The Balaban J connectivity index is 1.81. The maximum atomic E-state index is 13.5. The predicted molar refractivity (Wildman–Crippen MR) is 128 cm³/mol. The molecule has 5 nitrogen and oxygen atoms in total. The van der Waals surface area contributed by atoms with Gasteiger partial charge < -0.3 is 10.1 Å². The highest BCUT2D eigenvalue weighted by atomic mass is 35.5. The maximum Gasteiger partial charge on any atom is 0.282 e. The molecule has 1 aliphatic rings. The Morgan fingerprint density at radius 3 is 2.19 bits per heavy atom. The van der Waals surface area contributed by atoms with E-state index in [9.17, 15) is 9.59 Å². The van der Waals surface area contributed by atoms with Crippen LogP contribution in [0.5, 0.6) is 5.75 Å². The number of halogens is 2. The summed E-state index contributed by atoms with van der Waals surface area (Å²) in [7, 11) is 1.52. The van der Waals surface area contributed by atoms with Crippen molar-refractivity contribution < 1.29 is 14.3 Å². The first-order valence-corrected chi connectivity index (χ1v) is 10.6. The van der Waals surface area contributed by atoms with Gasteiger partial charge in [0.2, 0.25) is 0 Å². The molecule has 0 unspecified atom stereocenters. The molecule has 0 spiro atoms. The summed E-state index contributed by atoms with van der Waals surface area (Å²) in [6, 6.07) is 17.4. The molecule has 0 radical (unpaired) electrons. The number of amides is 2. The van der Waals surface area contributed by atoms with Crippen molar-refractivity contribution in [3.05, 3.63) is 93.1 Å². The minimum Gasteiger partial charge on any atom is -0.495 e. The molecule has 0 saturated carbocycles. The molecule has 3 aromatic carbocycles. The van der Waals surface area contributed by atoms with Crippen LogP contribution in [0, 0.1) is 13.8 Å². The van der Waals surface area contributed by atoms with E-state index in [1.54, 1.807) is 48.5 Å². The van der Waals surface area contributed by atoms with Crippen LogP contribution in [0.1, 0.15) is 16.7 Å². The summed E-state index contributed by atoms with van der Waals surface area (Å²) in [6.07, 6.45) is 0. The number of nitrogens with one attached hydrogen (secondary N) is 1. The number of ether oxygens (including phenoxy) is 1. The molecule has 4 rings (SSSR count). The van der Waals surface area contributed by atoms with Crippen molar-refractivity contribution >= 4 is 52.0 Å². The summed E-state index contributed by atoms with van der Waals surface area (Å²) in [5, 5.41) is 4.02. The van der Waals surface area contributed by atoms with E-state index in [2.05, 4.69) is 5.32 Å². The largest absolute Gasteiger partial charge is 0.495 e. The summed E-state index contributed by atoms with van der Waals surface area (Å²) in [6.45, 7) is 3.92. The molecular weight excluding hydrogens is 447 g/mol. The van der Waals surface area contributed by atoms with E-state index in [1.807, 2.05) is 26.0 Å². The minimum atomic E-state index is -0.449. The van der Waals surface area contributed by atoms with Crippen LogP contribution >= 0.6 is 23.2 Å². The van der Waals surface area contributed by atoms with Gasteiger partial charge in [-0.1, -0.05) is 41.4 Å². The maximum absolute atomic E-state index is 13.5. The highest BCUT2D eigenvalue weighted by molar-refractivity contribution is 6.46. The van der Waals surface area contributed by atoms with Crippen molar-refractivity contribution in [1.29, 1.82) is 0 Å². The summed E-state index contributed by atoms with van der Waals surface area (Å²) in [5.74, 6) is -0.354. The zero-order chi connectivity index (χ0) is 23.0. The number of rotatable bonds is 5. The van der Waals surface area contributed by atoms with Crippen LogP contribution in [-0.2, 0) is 9.59 Å². The standard InChI is InChI=1S/C25H20Cl2N2O3/c1-14-4-10-19(12-15(14)2)29-24(30)22(16-5-7-17(26)8-6-16)23(25(29)31)28-18-9-11-21(32-3)20(27)13-18/h4-13,28H,1-3H3. The fourth-order valence-electron chi connectivity index (χ4n) is 3.52. The van der Waals surface area contributed by atoms with Gasteiger partial charge in [0.15, 0.2) is 0 Å². The SMILES string of the molecule is COc1ccc(NC2=C(c3ccc(Cl)cc3)C(=O)N(c3ccc(C)c(C)c3)C2=O)cc1Cl. The van der Waals surface area contributed by atoms with Gasteiger partial charge in [0.25, 0.3) is 11.8 Å². The molecule has 162 valence electrons. The smallest absolute Gasteiger partial charge is 0.282 e. The molecule has 0 aliphatic carbocycles. The second-order valence-electron chi connectivity index (χ2n) is 7.45. The number of carbonyl (C=O) groups is 2. The van der Waals surface area contributed by atoms with Gasteiger partial charge in [0.1, 0.15) is 11.4 Å². The van der Waals surface area contributed by atoms with Crippen molar-refractivity contribution in [3.8, 4) is 5.75 Å². The number of aryl methyl sites for hydroxylation is 2. The van der Waals surface area contributed by atoms with E-state index in [-0.39, 0.29) is 11.3 Å². The van der Waals surface area contributed by atoms with E-state index in [0.29, 0.717) is 32.7 Å². The zero-order valence-electron chi connectivity index (χ0n) is 17.7. The average Bonchev–Trinajstić information content (AvgIpc) is 3.00. The van der Waals surface area contributed by atoms with Gasteiger partial charge in [0, 0.05) is 10.7 Å². The van der Waals surface area contributed by atoms with Crippen molar-refractivity contribution in [1.82, 2.24) is 0 Å². The van der Waals surface area contributed by atoms with Gasteiger partial charge in [-0.2, -0.15) is 0 Å². The van der Waals surface area contributed by atoms with Crippen LogP contribution < -0.4 is 15.0 Å². The second-order valence-corrected chi connectivity index (χ2v) is 8.29. The number of anilines is 2. The molecule has 0 saturated heterocycles. The summed E-state index contributed by atoms with van der Waals surface area (Å²) in [4.78, 5) is 28.2. The van der Waals surface area contributed by atoms with Crippen molar-refractivity contribution in [3.63, 3.8) is 0 Å². The number of nitrogens with zero attached hydrogens (tertiary/aromatic N) is 1. The first-order valence-electron chi connectivity index (χ1n) is 9.87. The van der Waals surface area contributed by atoms with Crippen molar-refractivity contribution in [2.24, 2.45) is 0 Å². The molecular formula is C25H20Cl2N2O3. The number of hydrogen-bond donors (Lipinski definition) is 1. The number of carbonyl (C=O) groups excluding carboxylic acids is 2. The molecule has 2 amide bonds. The van der Waals surface area contributed by atoms with Gasteiger partial charge >= 0.3 is 0 Å².